The van der Waals surface area contributed by atoms with Crippen molar-refractivity contribution >= 4 is 17.4 Å². The van der Waals surface area contributed by atoms with Gasteiger partial charge in [-0.3, -0.25) is 19.5 Å². The highest BCUT2D eigenvalue weighted by atomic mass is 19.1. The average Bonchev–Trinajstić information content (AvgIpc) is 2.93. The number of pyridine rings is 1. The predicted molar refractivity (Wildman–Crippen MR) is 108 cm³/mol. The standard InChI is InChI=1S/C23H24FN3O2/c1-15-11-16(2)13-26(12-15)21-20(18-3-5-19(24)6-4-18)22(28)27(23(21)29)14-17-7-9-25-10-8-17/h3-10,15-16H,11-14H2,1-2H3. The lowest BCUT2D eigenvalue weighted by atomic mass is 9.91. The van der Waals surface area contributed by atoms with E-state index in [0.717, 1.165) is 25.1 Å². The van der Waals surface area contributed by atoms with Gasteiger partial charge in [0.1, 0.15) is 11.5 Å². The highest BCUT2D eigenvalue weighted by molar-refractivity contribution is 6.35. The van der Waals surface area contributed by atoms with Crippen molar-refractivity contribution in [2.75, 3.05) is 13.1 Å². The highest BCUT2D eigenvalue weighted by Gasteiger charge is 2.42. The normalized spacial score (nSPS) is 22.6. The minimum Gasteiger partial charge on any atom is -0.366 e. The van der Waals surface area contributed by atoms with Crippen LogP contribution in [0.2, 0.25) is 0 Å². The van der Waals surface area contributed by atoms with Crippen molar-refractivity contribution in [1.82, 2.24) is 14.8 Å². The molecule has 2 aliphatic heterocycles. The number of rotatable bonds is 4. The smallest absolute Gasteiger partial charge is 0.278 e. The Morgan fingerprint density at radius 1 is 0.966 bits per heavy atom. The number of hydrogen-bond acceptors (Lipinski definition) is 4. The zero-order valence-electron chi connectivity index (χ0n) is 16.6. The summed E-state index contributed by atoms with van der Waals surface area (Å²) in [5.74, 6) is -0.135. The van der Waals surface area contributed by atoms with Crippen LogP contribution in [0, 0.1) is 17.7 Å². The topological polar surface area (TPSA) is 53.5 Å². The molecule has 2 aromatic rings. The first-order valence-electron chi connectivity index (χ1n) is 9.94. The Kier molecular flexibility index (Phi) is 5.18. The second-order valence-corrected chi connectivity index (χ2v) is 8.13. The zero-order chi connectivity index (χ0) is 20.5. The Morgan fingerprint density at radius 2 is 1.59 bits per heavy atom. The molecule has 1 saturated heterocycles. The van der Waals surface area contributed by atoms with Gasteiger partial charge in [0, 0.05) is 25.5 Å². The van der Waals surface area contributed by atoms with E-state index in [0.29, 0.717) is 28.7 Å². The van der Waals surface area contributed by atoms with Gasteiger partial charge in [-0.15, -0.1) is 0 Å². The van der Waals surface area contributed by atoms with E-state index in [-0.39, 0.29) is 24.2 Å². The van der Waals surface area contributed by atoms with E-state index in [1.165, 1.54) is 17.0 Å². The molecule has 29 heavy (non-hydrogen) atoms. The lowest BCUT2D eigenvalue weighted by Gasteiger charge is -2.37. The van der Waals surface area contributed by atoms with E-state index in [1.54, 1.807) is 36.7 Å². The Morgan fingerprint density at radius 3 is 2.21 bits per heavy atom. The van der Waals surface area contributed by atoms with Gasteiger partial charge in [0.25, 0.3) is 11.8 Å². The van der Waals surface area contributed by atoms with Gasteiger partial charge in [0.15, 0.2) is 0 Å². The first-order valence-corrected chi connectivity index (χ1v) is 9.94. The van der Waals surface area contributed by atoms with Crippen molar-refractivity contribution in [2.24, 2.45) is 11.8 Å². The third kappa shape index (κ3) is 3.79. The number of aromatic nitrogens is 1. The third-order valence-corrected chi connectivity index (χ3v) is 5.55. The summed E-state index contributed by atoms with van der Waals surface area (Å²) in [4.78, 5) is 34.1. The molecule has 1 aromatic carbocycles. The summed E-state index contributed by atoms with van der Waals surface area (Å²) < 4.78 is 13.5. The van der Waals surface area contributed by atoms with Crippen LogP contribution in [0.4, 0.5) is 4.39 Å². The molecule has 0 spiro atoms. The van der Waals surface area contributed by atoms with Crippen LogP contribution in [-0.4, -0.2) is 39.7 Å². The number of likely N-dealkylation sites (tertiary alicyclic amines) is 1. The molecular weight excluding hydrogens is 369 g/mol. The molecule has 5 nitrogen and oxygen atoms in total. The van der Waals surface area contributed by atoms with Crippen molar-refractivity contribution < 1.29 is 14.0 Å². The second kappa shape index (κ2) is 7.78. The number of carbonyl (C=O) groups excluding carboxylic acids is 2. The first kappa shape index (κ1) is 19.3. The van der Waals surface area contributed by atoms with Crippen LogP contribution >= 0.6 is 0 Å². The summed E-state index contributed by atoms with van der Waals surface area (Å²) in [6.45, 7) is 5.97. The van der Waals surface area contributed by atoms with E-state index in [2.05, 4.69) is 18.8 Å². The fraction of sp³-hybridized carbons (Fsp3) is 0.348. The molecule has 6 heteroatoms. The van der Waals surface area contributed by atoms with E-state index in [1.807, 2.05) is 4.90 Å². The molecule has 0 bridgehead atoms. The van der Waals surface area contributed by atoms with E-state index in [4.69, 9.17) is 0 Å². The molecule has 150 valence electrons. The van der Waals surface area contributed by atoms with E-state index >= 15 is 0 Å². The highest BCUT2D eigenvalue weighted by Crippen LogP contribution is 2.35. The van der Waals surface area contributed by atoms with Gasteiger partial charge >= 0.3 is 0 Å². The maximum atomic E-state index is 13.5. The van der Waals surface area contributed by atoms with Gasteiger partial charge in [-0.1, -0.05) is 26.0 Å². The van der Waals surface area contributed by atoms with Gasteiger partial charge in [-0.25, -0.2) is 4.39 Å². The molecule has 1 aromatic heterocycles. The van der Waals surface area contributed by atoms with Crippen LogP contribution in [0.25, 0.3) is 5.57 Å². The lowest BCUT2D eigenvalue weighted by molar-refractivity contribution is -0.138. The maximum Gasteiger partial charge on any atom is 0.278 e. The summed E-state index contributed by atoms with van der Waals surface area (Å²) in [6.07, 6.45) is 4.38. The fourth-order valence-corrected chi connectivity index (χ4v) is 4.39. The molecule has 2 unspecified atom stereocenters. The number of imide groups is 1. The van der Waals surface area contributed by atoms with Gasteiger partial charge in [0.05, 0.1) is 12.1 Å². The molecule has 0 saturated carbocycles. The molecule has 0 N–H and O–H groups in total. The predicted octanol–water partition coefficient (Wildman–Crippen LogP) is 3.48. The SMILES string of the molecule is CC1CC(C)CN(C2=C(c3ccc(F)cc3)C(=O)N(Cc3ccncc3)C2=O)C1. The quantitative estimate of drug-likeness (QED) is 0.747. The lowest BCUT2D eigenvalue weighted by Crippen LogP contribution is -2.41. The summed E-state index contributed by atoms with van der Waals surface area (Å²) >= 11 is 0. The van der Waals surface area contributed by atoms with E-state index in [9.17, 15) is 14.0 Å². The molecule has 4 rings (SSSR count). The molecular formula is C23H24FN3O2. The Labute approximate surface area is 169 Å². The first-order chi connectivity index (χ1) is 13.9. The number of hydrogen-bond donors (Lipinski definition) is 0. The summed E-state index contributed by atoms with van der Waals surface area (Å²) in [5, 5.41) is 0. The fourth-order valence-electron chi connectivity index (χ4n) is 4.39. The molecule has 2 aliphatic rings. The van der Waals surface area contributed by atoms with Gasteiger partial charge in [-0.05, 0) is 53.6 Å². The summed E-state index contributed by atoms with van der Waals surface area (Å²) in [7, 11) is 0. The number of nitrogens with zero attached hydrogens (tertiary/aromatic N) is 3. The minimum atomic E-state index is -0.374. The van der Waals surface area contributed by atoms with Gasteiger partial charge < -0.3 is 4.90 Å². The van der Waals surface area contributed by atoms with Crippen LogP contribution in [0.15, 0.2) is 54.5 Å². The zero-order valence-corrected chi connectivity index (χ0v) is 16.6. The van der Waals surface area contributed by atoms with E-state index < -0.39 is 0 Å². The van der Waals surface area contributed by atoms with Crippen LogP contribution in [0.5, 0.6) is 0 Å². The Balaban J connectivity index is 1.75. The number of halogens is 1. The second-order valence-electron chi connectivity index (χ2n) is 8.13. The minimum absolute atomic E-state index is 0.188. The number of amides is 2. The largest absolute Gasteiger partial charge is 0.366 e. The van der Waals surface area contributed by atoms with Crippen molar-refractivity contribution in [1.29, 1.82) is 0 Å². The molecule has 0 radical (unpaired) electrons. The average molecular weight is 393 g/mol. The van der Waals surface area contributed by atoms with Crippen molar-refractivity contribution in [2.45, 2.75) is 26.8 Å². The molecule has 2 amide bonds. The number of benzene rings is 1. The van der Waals surface area contributed by atoms with Gasteiger partial charge in [-0.2, -0.15) is 0 Å². The molecule has 3 heterocycles. The third-order valence-electron chi connectivity index (χ3n) is 5.55. The van der Waals surface area contributed by atoms with Crippen molar-refractivity contribution in [3.8, 4) is 0 Å². The van der Waals surface area contributed by atoms with Crippen molar-refractivity contribution in [3.63, 3.8) is 0 Å². The van der Waals surface area contributed by atoms with Crippen LogP contribution in [0.1, 0.15) is 31.4 Å². The monoisotopic (exact) mass is 393 g/mol. The van der Waals surface area contributed by atoms with Crippen LogP contribution < -0.4 is 0 Å². The molecule has 1 fully saturated rings. The Bertz CT molecular complexity index is 946. The number of piperidine rings is 1. The molecule has 0 aliphatic carbocycles. The van der Waals surface area contributed by atoms with Crippen molar-refractivity contribution in [3.05, 3.63) is 71.4 Å². The summed E-state index contributed by atoms with van der Waals surface area (Å²) in [5.41, 5.74) is 2.21. The number of carbonyl (C=O) groups is 2. The molecule has 2 atom stereocenters. The van der Waals surface area contributed by atoms with Crippen LogP contribution in [-0.2, 0) is 16.1 Å². The van der Waals surface area contributed by atoms with Crippen LogP contribution in [0.3, 0.4) is 0 Å². The maximum absolute atomic E-state index is 13.5. The summed E-state index contributed by atoms with van der Waals surface area (Å²) in [6, 6.07) is 9.38. The van der Waals surface area contributed by atoms with Gasteiger partial charge in [0.2, 0.25) is 0 Å². The Hall–Kier alpha value is -3.02.